The first-order valence-electron chi connectivity index (χ1n) is 8.36. The molecule has 10 heteroatoms. The molecule has 7 nitrogen and oxygen atoms in total. The van der Waals surface area contributed by atoms with E-state index in [2.05, 4.69) is 10.7 Å². The Morgan fingerprint density at radius 3 is 2.48 bits per heavy atom. The molecule has 152 valence electrons. The van der Waals surface area contributed by atoms with Crippen molar-refractivity contribution in [3.8, 4) is 5.75 Å². The number of ether oxygens (including phenoxy) is 1. The van der Waals surface area contributed by atoms with E-state index in [1.54, 1.807) is 24.3 Å². The summed E-state index contributed by atoms with van der Waals surface area (Å²) in [5, 5.41) is 2.92. The maximum Gasteiger partial charge on any atom is 0.416 e. The first-order chi connectivity index (χ1) is 13.6. The van der Waals surface area contributed by atoms with Crippen LogP contribution in [0.5, 0.6) is 5.75 Å². The Morgan fingerprint density at radius 1 is 1.14 bits per heavy atom. The van der Waals surface area contributed by atoms with E-state index in [1.165, 1.54) is 14.0 Å². The Morgan fingerprint density at radius 2 is 1.83 bits per heavy atom. The largest absolute Gasteiger partial charge is 0.497 e. The maximum atomic E-state index is 12.8. The van der Waals surface area contributed by atoms with Gasteiger partial charge in [-0.2, -0.15) is 18.2 Å². The lowest BCUT2D eigenvalue weighted by Gasteiger charge is -2.22. The summed E-state index contributed by atoms with van der Waals surface area (Å²) in [6, 6.07) is 9.16. The normalized spacial score (nSPS) is 19.1. The van der Waals surface area contributed by atoms with E-state index in [1.807, 2.05) is 0 Å². The molecule has 1 fully saturated rings. The van der Waals surface area contributed by atoms with Gasteiger partial charge in [0.1, 0.15) is 11.3 Å². The van der Waals surface area contributed by atoms with Crippen LogP contribution in [0, 0.1) is 0 Å². The number of halogens is 3. The van der Waals surface area contributed by atoms with E-state index in [0.717, 1.165) is 18.2 Å². The highest BCUT2D eigenvalue weighted by atomic mass is 19.4. The Balaban J connectivity index is 1.84. The number of rotatable bonds is 4. The van der Waals surface area contributed by atoms with E-state index < -0.39 is 35.1 Å². The van der Waals surface area contributed by atoms with Gasteiger partial charge in [-0.15, -0.1) is 0 Å². The van der Waals surface area contributed by atoms with Crippen LogP contribution in [0.15, 0.2) is 48.5 Å². The third-order valence-electron chi connectivity index (χ3n) is 4.50. The number of methoxy groups -OCH3 is 1. The van der Waals surface area contributed by atoms with E-state index >= 15 is 0 Å². The monoisotopic (exact) mass is 407 g/mol. The molecule has 1 aliphatic heterocycles. The topological polar surface area (TPSA) is 87.7 Å². The first kappa shape index (κ1) is 20.2. The van der Waals surface area contributed by atoms with E-state index in [4.69, 9.17) is 4.74 Å². The molecule has 0 bridgehead atoms. The van der Waals surface area contributed by atoms with Crippen molar-refractivity contribution in [2.75, 3.05) is 7.11 Å². The van der Waals surface area contributed by atoms with Gasteiger partial charge < -0.3 is 10.1 Å². The smallest absolute Gasteiger partial charge is 0.416 e. The van der Waals surface area contributed by atoms with Gasteiger partial charge in [0.15, 0.2) is 0 Å². The molecular weight excluding hydrogens is 391 g/mol. The third kappa shape index (κ3) is 3.73. The third-order valence-corrected chi connectivity index (χ3v) is 4.50. The minimum Gasteiger partial charge on any atom is -0.497 e. The molecule has 1 heterocycles. The molecule has 29 heavy (non-hydrogen) atoms. The average Bonchev–Trinajstić information content (AvgIpc) is 2.91. The number of urea groups is 1. The highest BCUT2D eigenvalue weighted by molar-refractivity contribution is 6.09. The second kappa shape index (κ2) is 7.12. The van der Waals surface area contributed by atoms with Gasteiger partial charge in [0, 0.05) is 5.56 Å². The summed E-state index contributed by atoms with van der Waals surface area (Å²) in [7, 11) is 1.44. The van der Waals surface area contributed by atoms with Crippen molar-refractivity contribution in [1.82, 2.24) is 15.8 Å². The summed E-state index contributed by atoms with van der Waals surface area (Å²) in [6.07, 6.45) is -4.64. The lowest BCUT2D eigenvalue weighted by Crippen LogP contribution is -2.47. The van der Waals surface area contributed by atoms with E-state index in [0.29, 0.717) is 22.4 Å². The summed E-state index contributed by atoms with van der Waals surface area (Å²) in [5.41, 5.74) is -0.400. The summed E-state index contributed by atoms with van der Waals surface area (Å²) in [5.74, 6) is -1.37. The van der Waals surface area contributed by atoms with Gasteiger partial charge in [0.25, 0.3) is 11.8 Å². The second-order valence-corrected chi connectivity index (χ2v) is 6.45. The molecule has 1 atom stereocenters. The van der Waals surface area contributed by atoms with Crippen LogP contribution in [-0.4, -0.2) is 30.0 Å². The molecule has 0 unspecified atom stereocenters. The van der Waals surface area contributed by atoms with Crippen molar-refractivity contribution in [2.24, 2.45) is 0 Å². The van der Waals surface area contributed by atoms with E-state index in [9.17, 15) is 27.6 Å². The molecule has 1 aliphatic rings. The summed E-state index contributed by atoms with van der Waals surface area (Å²) >= 11 is 0. The van der Waals surface area contributed by atoms with Gasteiger partial charge in [-0.3, -0.25) is 15.0 Å². The quantitative estimate of drug-likeness (QED) is 0.763. The molecule has 0 aliphatic carbocycles. The number of nitrogens with one attached hydrogen (secondary N) is 2. The average molecular weight is 407 g/mol. The second-order valence-electron chi connectivity index (χ2n) is 6.45. The molecule has 2 N–H and O–H groups in total. The number of benzene rings is 2. The van der Waals surface area contributed by atoms with Crippen molar-refractivity contribution >= 4 is 17.8 Å². The number of hydrazine groups is 1. The molecule has 1 saturated heterocycles. The fraction of sp³-hybridized carbons (Fsp3) is 0.211. The Labute approximate surface area is 163 Å². The van der Waals surface area contributed by atoms with Crippen LogP contribution in [0.1, 0.15) is 28.4 Å². The zero-order chi connectivity index (χ0) is 21.4. The van der Waals surface area contributed by atoms with E-state index in [-0.39, 0.29) is 5.56 Å². The summed E-state index contributed by atoms with van der Waals surface area (Å²) in [4.78, 5) is 37.5. The lowest BCUT2D eigenvalue weighted by atomic mass is 9.92. The van der Waals surface area contributed by atoms with Crippen molar-refractivity contribution in [3.05, 3.63) is 65.2 Å². The van der Waals surface area contributed by atoms with Crippen molar-refractivity contribution in [3.63, 3.8) is 0 Å². The van der Waals surface area contributed by atoms with Crippen LogP contribution in [0.25, 0.3) is 0 Å². The van der Waals surface area contributed by atoms with Gasteiger partial charge in [-0.05, 0) is 42.8 Å². The fourth-order valence-electron chi connectivity index (χ4n) is 2.87. The van der Waals surface area contributed by atoms with Crippen LogP contribution in [0.4, 0.5) is 18.0 Å². The number of imide groups is 1. The number of alkyl halides is 3. The molecule has 0 spiro atoms. The number of hydrogen-bond donors (Lipinski definition) is 2. The summed E-state index contributed by atoms with van der Waals surface area (Å²) < 4.78 is 43.6. The van der Waals surface area contributed by atoms with Gasteiger partial charge in [0.2, 0.25) is 0 Å². The van der Waals surface area contributed by atoms with Crippen LogP contribution in [0.2, 0.25) is 0 Å². The summed E-state index contributed by atoms with van der Waals surface area (Å²) in [6.45, 7) is 1.44. The minimum atomic E-state index is -4.64. The predicted octanol–water partition coefficient (Wildman–Crippen LogP) is 2.83. The molecule has 0 saturated carbocycles. The number of amides is 4. The van der Waals surface area contributed by atoms with Crippen molar-refractivity contribution < 1.29 is 32.3 Å². The van der Waals surface area contributed by atoms with Gasteiger partial charge in [0.05, 0.1) is 12.7 Å². The number of carbonyl (C=O) groups is 3. The zero-order valence-electron chi connectivity index (χ0n) is 15.3. The van der Waals surface area contributed by atoms with Gasteiger partial charge in [-0.1, -0.05) is 18.2 Å². The SMILES string of the molecule is COc1cccc([C@]2(C)NC(=O)N(NC(=O)c3cccc(C(F)(F)F)c3)C2=O)c1. The van der Waals surface area contributed by atoms with Crippen LogP contribution in [0.3, 0.4) is 0 Å². The molecule has 0 radical (unpaired) electrons. The minimum absolute atomic E-state index is 0.351. The predicted molar refractivity (Wildman–Crippen MR) is 94.6 cm³/mol. The molecule has 4 amide bonds. The van der Waals surface area contributed by atoms with Crippen molar-refractivity contribution in [1.29, 1.82) is 0 Å². The highest BCUT2D eigenvalue weighted by Crippen LogP contribution is 2.31. The van der Waals surface area contributed by atoms with Crippen molar-refractivity contribution in [2.45, 2.75) is 18.6 Å². The first-order valence-corrected chi connectivity index (χ1v) is 8.36. The van der Waals surface area contributed by atoms with Crippen LogP contribution in [-0.2, 0) is 16.5 Å². The van der Waals surface area contributed by atoms with Gasteiger partial charge in [-0.25, -0.2) is 4.79 Å². The zero-order valence-corrected chi connectivity index (χ0v) is 15.3. The molecular formula is C19H16F3N3O4. The Hall–Kier alpha value is -3.56. The lowest BCUT2D eigenvalue weighted by molar-refractivity contribution is -0.137. The Bertz CT molecular complexity index is 993. The fourth-order valence-corrected chi connectivity index (χ4v) is 2.87. The number of hydrogen-bond acceptors (Lipinski definition) is 4. The molecule has 2 aromatic rings. The van der Waals surface area contributed by atoms with Crippen LogP contribution < -0.4 is 15.5 Å². The highest BCUT2D eigenvalue weighted by Gasteiger charge is 2.50. The standard InChI is InChI=1S/C19H16F3N3O4/c1-18(12-6-4-8-14(10-12)29-2)16(27)25(17(28)23-18)24-15(26)11-5-3-7-13(9-11)19(20,21)22/h3-10H,1-2H3,(H,23,28)(H,24,26)/t18-/m0/s1. The van der Waals surface area contributed by atoms with Gasteiger partial charge >= 0.3 is 12.2 Å². The maximum absolute atomic E-state index is 12.8. The Kier molecular flexibility index (Phi) is 4.95. The number of nitrogens with zero attached hydrogens (tertiary/aromatic N) is 1. The van der Waals surface area contributed by atoms with Crippen LogP contribution >= 0.6 is 0 Å². The molecule has 3 rings (SSSR count). The molecule has 0 aromatic heterocycles. The molecule has 2 aromatic carbocycles. The number of carbonyl (C=O) groups excluding carboxylic acids is 3.